The number of likely N-dealkylation sites (tertiary alicyclic amines) is 1. The molecule has 216 valence electrons. The van der Waals surface area contributed by atoms with Gasteiger partial charge in [-0.15, -0.1) is 8.78 Å². The Kier molecular flexibility index (Phi) is 6.39. The molecule has 0 bridgehead atoms. The van der Waals surface area contributed by atoms with Crippen molar-refractivity contribution in [3.63, 3.8) is 0 Å². The number of aromatic nitrogens is 4. The Morgan fingerprint density at radius 2 is 1.83 bits per heavy atom. The first kappa shape index (κ1) is 26.9. The number of alkyl halides is 3. The fraction of sp³-hybridized carbons (Fsp3) is 0.231. The number of nitrogens with zero attached hydrogens (tertiary/aromatic N) is 5. The molecule has 0 radical (unpaired) electrons. The Labute approximate surface area is 233 Å². The smallest absolute Gasteiger partial charge is 0.395 e. The first-order valence-electron chi connectivity index (χ1n) is 12.4. The summed E-state index contributed by atoms with van der Waals surface area (Å²) in [5.74, 6) is -4.71. The van der Waals surface area contributed by atoms with Crippen LogP contribution in [-0.4, -0.2) is 67.7 Å². The molecule has 0 unspecified atom stereocenters. The monoisotopic (exact) mass is 585 g/mol. The molecular weight excluding hydrogens is 566 g/mol. The molecule has 3 amide bonds. The van der Waals surface area contributed by atoms with Crippen molar-refractivity contribution in [3.05, 3.63) is 60.3 Å². The van der Waals surface area contributed by atoms with Gasteiger partial charge in [-0.05, 0) is 23.8 Å². The topological polar surface area (TPSA) is 155 Å². The van der Waals surface area contributed by atoms with Crippen LogP contribution < -0.4 is 20.5 Å². The van der Waals surface area contributed by atoms with Crippen LogP contribution in [0.4, 0.5) is 23.2 Å². The second kappa shape index (κ2) is 9.97. The van der Waals surface area contributed by atoms with Crippen LogP contribution in [0.1, 0.15) is 16.9 Å². The molecule has 42 heavy (non-hydrogen) atoms. The number of anilines is 1. The van der Waals surface area contributed by atoms with Crippen molar-refractivity contribution >= 4 is 34.3 Å². The van der Waals surface area contributed by atoms with Gasteiger partial charge >= 0.3 is 6.29 Å². The van der Waals surface area contributed by atoms with Gasteiger partial charge in [0.05, 0.1) is 30.1 Å². The van der Waals surface area contributed by atoms with Gasteiger partial charge in [0.15, 0.2) is 23.0 Å². The molecule has 12 nitrogen and oxygen atoms in total. The van der Waals surface area contributed by atoms with E-state index in [4.69, 9.17) is 5.73 Å². The molecule has 2 aliphatic heterocycles. The van der Waals surface area contributed by atoms with E-state index >= 15 is 0 Å². The SMILES string of the molecule is NC(=O)c1nn(CC(=O)N2C[C@H](F)C[C@H]2C(=O)Nc2cc3c(cc2F)OC(F)(F)O3)c2ccc(-c3ccnnc3)cc12. The van der Waals surface area contributed by atoms with Crippen molar-refractivity contribution in [2.24, 2.45) is 5.73 Å². The molecule has 0 aliphatic carbocycles. The van der Waals surface area contributed by atoms with Crippen molar-refractivity contribution in [2.75, 3.05) is 11.9 Å². The zero-order chi connectivity index (χ0) is 29.8. The molecule has 3 N–H and O–H groups in total. The number of benzene rings is 2. The van der Waals surface area contributed by atoms with Gasteiger partial charge in [-0.2, -0.15) is 15.3 Å². The Morgan fingerprint density at radius 3 is 2.55 bits per heavy atom. The molecular formula is C26H19F4N7O5. The van der Waals surface area contributed by atoms with Gasteiger partial charge < -0.3 is 25.4 Å². The van der Waals surface area contributed by atoms with Crippen LogP contribution in [0.2, 0.25) is 0 Å². The summed E-state index contributed by atoms with van der Waals surface area (Å²) in [6.45, 7) is -0.919. The van der Waals surface area contributed by atoms with Crippen LogP contribution in [0.25, 0.3) is 22.0 Å². The number of ether oxygens (including phenoxy) is 2. The van der Waals surface area contributed by atoms with Gasteiger partial charge in [-0.3, -0.25) is 19.1 Å². The molecule has 2 atom stereocenters. The molecule has 0 saturated carbocycles. The van der Waals surface area contributed by atoms with Gasteiger partial charge in [-0.1, -0.05) is 6.07 Å². The number of halogens is 4. The van der Waals surface area contributed by atoms with Crippen LogP contribution in [0, 0.1) is 5.82 Å². The Bertz CT molecular complexity index is 1750. The van der Waals surface area contributed by atoms with Gasteiger partial charge in [0.2, 0.25) is 11.8 Å². The van der Waals surface area contributed by atoms with Crippen LogP contribution in [-0.2, 0) is 16.1 Å². The number of carbonyl (C=O) groups is 3. The van der Waals surface area contributed by atoms with E-state index in [0.717, 1.165) is 11.0 Å². The highest BCUT2D eigenvalue weighted by atomic mass is 19.3. The second-order valence-corrected chi connectivity index (χ2v) is 9.56. The molecule has 2 aromatic heterocycles. The zero-order valence-corrected chi connectivity index (χ0v) is 21.3. The predicted octanol–water partition coefficient (Wildman–Crippen LogP) is 2.63. The maximum atomic E-state index is 14.5. The molecule has 4 heterocycles. The number of hydrogen-bond donors (Lipinski definition) is 2. The average Bonchev–Trinajstić information content (AvgIpc) is 3.60. The lowest BCUT2D eigenvalue weighted by Crippen LogP contribution is -2.44. The summed E-state index contributed by atoms with van der Waals surface area (Å²) in [5, 5.41) is 14.3. The number of fused-ring (bicyclic) bond motifs is 2. The second-order valence-electron chi connectivity index (χ2n) is 9.56. The normalized spacial score (nSPS) is 18.8. The van der Waals surface area contributed by atoms with E-state index in [2.05, 4.69) is 30.1 Å². The Balaban J connectivity index is 1.24. The summed E-state index contributed by atoms with van der Waals surface area (Å²) in [6, 6.07) is 6.75. The van der Waals surface area contributed by atoms with Crippen molar-refractivity contribution < 1.29 is 41.4 Å². The first-order valence-corrected chi connectivity index (χ1v) is 12.4. The summed E-state index contributed by atoms with van der Waals surface area (Å²) < 4.78 is 65.3. The number of hydrogen-bond acceptors (Lipinski definition) is 8. The number of primary amides is 1. The minimum atomic E-state index is -4.00. The van der Waals surface area contributed by atoms with Crippen molar-refractivity contribution in [2.45, 2.75) is 31.5 Å². The number of nitrogens with one attached hydrogen (secondary N) is 1. The summed E-state index contributed by atoms with van der Waals surface area (Å²) in [4.78, 5) is 39.5. The minimum Gasteiger partial charge on any atom is -0.395 e. The molecule has 1 fully saturated rings. The highest BCUT2D eigenvalue weighted by molar-refractivity contribution is 6.05. The quantitative estimate of drug-likeness (QED) is 0.328. The number of rotatable bonds is 6. The standard InChI is InChI=1S/C26H19F4N7O5/c27-14-6-19(25(40)34-17-8-21-20(7-16(17)28)41-26(29,30)42-21)36(10-14)22(38)11-37-18-2-1-12(13-3-4-32-33-9-13)5-15(18)23(35-37)24(31)39/h1-5,7-9,14,19H,6,10-11H2,(H2,31,39)(H,34,40)/t14-,19+/m1/s1. The lowest BCUT2D eigenvalue weighted by molar-refractivity contribution is -0.286. The van der Waals surface area contributed by atoms with Crippen molar-refractivity contribution in [1.82, 2.24) is 24.9 Å². The first-order chi connectivity index (χ1) is 20.0. The van der Waals surface area contributed by atoms with Crippen molar-refractivity contribution in [1.29, 1.82) is 0 Å². The third-order valence-electron chi connectivity index (χ3n) is 6.81. The largest absolute Gasteiger partial charge is 0.586 e. The van der Waals surface area contributed by atoms with Gasteiger partial charge in [0.25, 0.3) is 5.91 Å². The highest BCUT2D eigenvalue weighted by Crippen LogP contribution is 2.43. The molecule has 0 spiro atoms. The summed E-state index contributed by atoms with van der Waals surface area (Å²) >= 11 is 0. The van der Waals surface area contributed by atoms with E-state index in [1.54, 1.807) is 24.3 Å². The van der Waals surface area contributed by atoms with E-state index in [9.17, 15) is 31.9 Å². The molecule has 6 rings (SSSR count). The number of carbonyl (C=O) groups excluding carboxylic acids is 3. The third kappa shape index (κ3) is 4.90. The summed E-state index contributed by atoms with van der Waals surface area (Å²) in [7, 11) is 0. The van der Waals surface area contributed by atoms with Crippen LogP contribution in [0.3, 0.4) is 0 Å². The van der Waals surface area contributed by atoms with Crippen LogP contribution in [0.5, 0.6) is 11.5 Å². The van der Waals surface area contributed by atoms with E-state index in [-0.39, 0.29) is 5.69 Å². The third-order valence-corrected chi connectivity index (χ3v) is 6.81. The van der Waals surface area contributed by atoms with Crippen LogP contribution >= 0.6 is 0 Å². The predicted molar refractivity (Wildman–Crippen MR) is 136 cm³/mol. The Morgan fingerprint density at radius 1 is 1.07 bits per heavy atom. The molecule has 2 aromatic carbocycles. The lowest BCUT2D eigenvalue weighted by atomic mass is 10.0. The molecule has 16 heteroatoms. The lowest BCUT2D eigenvalue weighted by Gasteiger charge is -2.24. The number of amides is 3. The fourth-order valence-corrected chi connectivity index (χ4v) is 4.93. The zero-order valence-electron chi connectivity index (χ0n) is 21.3. The fourth-order valence-electron chi connectivity index (χ4n) is 4.93. The van der Waals surface area contributed by atoms with E-state index < -0.39 is 78.7 Å². The van der Waals surface area contributed by atoms with E-state index in [1.807, 2.05) is 0 Å². The highest BCUT2D eigenvalue weighted by Gasteiger charge is 2.45. The molecule has 1 saturated heterocycles. The summed E-state index contributed by atoms with van der Waals surface area (Å²) in [6.07, 6.45) is -2.95. The van der Waals surface area contributed by atoms with Crippen molar-refractivity contribution in [3.8, 4) is 22.6 Å². The summed E-state index contributed by atoms with van der Waals surface area (Å²) in [5.41, 5.74) is 6.65. The van der Waals surface area contributed by atoms with Gasteiger partial charge in [-0.25, -0.2) is 8.78 Å². The van der Waals surface area contributed by atoms with E-state index in [1.165, 1.54) is 17.1 Å². The maximum Gasteiger partial charge on any atom is 0.586 e. The molecule has 4 aromatic rings. The van der Waals surface area contributed by atoms with E-state index in [0.29, 0.717) is 28.1 Å². The number of nitrogens with two attached hydrogens (primary N) is 1. The van der Waals surface area contributed by atoms with Gasteiger partial charge in [0.1, 0.15) is 18.8 Å². The minimum absolute atomic E-state index is 0.107. The molecule has 2 aliphatic rings. The van der Waals surface area contributed by atoms with Crippen LogP contribution in [0.15, 0.2) is 48.8 Å². The van der Waals surface area contributed by atoms with Gasteiger partial charge in [0, 0.05) is 29.5 Å². The Hall–Kier alpha value is -5.28. The average molecular weight is 585 g/mol. The maximum absolute atomic E-state index is 14.5.